The van der Waals surface area contributed by atoms with Crippen LogP contribution in [0.3, 0.4) is 0 Å². The number of carbonyl (C=O) groups is 2. The molecule has 0 heterocycles. The van der Waals surface area contributed by atoms with Gasteiger partial charge in [-0.3, -0.25) is 4.79 Å². The number of hydrogen-bond donors (Lipinski definition) is 2. The van der Waals surface area contributed by atoms with Crippen LogP contribution in [0.5, 0.6) is 0 Å². The average Bonchev–Trinajstić information content (AvgIpc) is 2.21. The van der Waals surface area contributed by atoms with Gasteiger partial charge in [0.15, 0.2) is 0 Å². The van der Waals surface area contributed by atoms with Crippen LogP contribution in [0.25, 0.3) is 0 Å². The highest BCUT2D eigenvalue weighted by Gasteiger charge is 2.12. The first-order chi connectivity index (χ1) is 7.02. The number of carbonyl (C=O) groups excluding carboxylic acids is 1. The molecule has 0 aromatic rings. The van der Waals surface area contributed by atoms with Crippen molar-refractivity contribution in [2.75, 3.05) is 33.2 Å². The Morgan fingerprint density at radius 3 is 2.27 bits per heavy atom. The van der Waals surface area contributed by atoms with Gasteiger partial charge in [0.05, 0.1) is 6.54 Å². The summed E-state index contributed by atoms with van der Waals surface area (Å²) >= 11 is 0. The number of carboxylic acid groups (broad SMARTS) is 1. The maximum absolute atomic E-state index is 11.1. The topological polar surface area (TPSA) is 86.9 Å². The van der Waals surface area contributed by atoms with Crippen molar-refractivity contribution in [3.8, 4) is 0 Å². The lowest BCUT2D eigenvalue weighted by Gasteiger charge is -2.22. The van der Waals surface area contributed by atoms with Crippen LogP contribution < -0.4 is 5.73 Å². The fraction of sp³-hybridized carbons (Fsp3) is 0.778. The van der Waals surface area contributed by atoms with Gasteiger partial charge in [-0.1, -0.05) is 6.92 Å². The standard InChI is InChI=1S/C9H19N3O3/c1-3-4-12(9(14)15)6-5-11(2)8(13)7-10/h3-7,10H2,1-2H3,(H,14,15). The van der Waals surface area contributed by atoms with Gasteiger partial charge in [0.25, 0.3) is 0 Å². The zero-order valence-corrected chi connectivity index (χ0v) is 9.27. The quantitative estimate of drug-likeness (QED) is 0.644. The lowest BCUT2D eigenvalue weighted by Crippen LogP contribution is -2.41. The van der Waals surface area contributed by atoms with Crippen LogP contribution in [0.2, 0.25) is 0 Å². The molecule has 0 atom stereocenters. The van der Waals surface area contributed by atoms with E-state index in [0.717, 1.165) is 6.42 Å². The summed E-state index contributed by atoms with van der Waals surface area (Å²) in [7, 11) is 1.61. The molecule has 6 heteroatoms. The number of likely N-dealkylation sites (N-methyl/N-ethyl adjacent to an activating group) is 1. The third-order valence-corrected chi connectivity index (χ3v) is 2.07. The third kappa shape index (κ3) is 5.21. The van der Waals surface area contributed by atoms with E-state index >= 15 is 0 Å². The summed E-state index contributed by atoms with van der Waals surface area (Å²) in [5.41, 5.74) is 5.18. The van der Waals surface area contributed by atoms with Crippen molar-refractivity contribution < 1.29 is 14.7 Å². The van der Waals surface area contributed by atoms with Gasteiger partial charge in [0.1, 0.15) is 0 Å². The minimum Gasteiger partial charge on any atom is -0.465 e. The van der Waals surface area contributed by atoms with Crippen molar-refractivity contribution in [1.29, 1.82) is 0 Å². The molecule has 0 bridgehead atoms. The molecule has 0 rings (SSSR count). The second kappa shape index (κ2) is 7.05. The smallest absolute Gasteiger partial charge is 0.407 e. The summed E-state index contributed by atoms with van der Waals surface area (Å²) < 4.78 is 0. The van der Waals surface area contributed by atoms with Crippen LogP contribution in [-0.2, 0) is 4.79 Å². The highest BCUT2D eigenvalue weighted by atomic mass is 16.4. The summed E-state index contributed by atoms with van der Waals surface area (Å²) in [5.74, 6) is -0.183. The van der Waals surface area contributed by atoms with Crippen molar-refractivity contribution in [2.45, 2.75) is 13.3 Å². The molecule has 0 aliphatic heterocycles. The van der Waals surface area contributed by atoms with Gasteiger partial charge in [-0.05, 0) is 6.42 Å². The number of nitrogens with zero attached hydrogens (tertiary/aromatic N) is 2. The Morgan fingerprint density at radius 1 is 1.27 bits per heavy atom. The summed E-state index contributed by atoms with van der Waals surface area (Å²) in [4.78, 5) is 24.6. The average molecular weight is 217 g/mol. The Morgan fingerprint density at radius 2 is 1.87 bits per heavy atom. The van der Waals surface area contributed by atoms with Crippen LogP contribution in [0.1, 0.15) is 13.3 Å². The molecule has 0 aliphatic carbocycles. The van der Waals surface area contributed by atoms with Gasteiger partial charge < -0.3 is 20.6 Å². The minimum absolute atomic E-state index is 0.0443. The Labute approximate surface area is 89.6 Å². The van der Waals surface area contributed by atoms with E-state index in [4.69, 9.17) is 10.8 Å². The van der Waals surface area contributed by atoms with Crippen molar-refractivity contribution in [2.24, 2.45) is 5.73 Å². The largest absolute Gasteiger partial charge is 0.465 e. The predicted octanol–water partition coefficient (Wildman–Crippen LogP) is -0.206. The van der Waals surface area contributed by atoms with Gasteiger partial charge in [0, 0.05) is 26.7 Å². The molecule has 0 aliphatic rings. The number of rotatable bonds is 6. The monoisotopic (exact) mass is 217 g/mol. The molecule has 0 saturated carbocycles. The molecule has 0 aromatic carbocycles. The lowest BCUT2D eigenvalue weighted by atomic mass is 10.4. The second-order valence-corrected chi connectivity index (χ2v) is 3.29. The maximum Gasteiger partial charge on any atom is 0.407 e. The van der Waals surface area contributed by atoms with E-state index in [1.54, 1.807) is 7.05 Å². The molecule has 0 fully saturated rings. The van der Waals surface area contributed by atoms with E-state index in [1.165, 1.54) is 9.80 Å². The summed E-state index contributed by atoms with van der Waals surface area (Å²) in [6.45, 7) is 3.05. The van der Waals surface area contributed by atoms with Gasteiger partial charge in [-0.2, -0.15) is 0 Å². The van der Waals surface area contributed by atoms with Gasteiger partial charge in [-0.25, -0.2) is 4.79 Å². The Hall–Kier alpha value is -1.30. The first-order valence-electron chi connectivity index (χ1n) is 4.94. The highest BCUT2D eigenvalue weighted by Crippen LogP contribution is 1.94. The Kier molecular flexibility index (Phi) is 6.44. The molecule has 0 saturated heterocycles. The van der Waals surface area contributed by atoms with Crippen LogP contribution in [0, 0.1) is 0 Å². The zero-order valence-electron chi connectivity index (χ0n) is 9.27. The first kappa shape index (κ1) is 13.7. The number of amides is 2. The molecule has 88 valence electrons. The van der Waals surface area contributed by atoms with Crippen molar-refractivity contribution >= 4 is 12.0 Å². The van der Waals surface area contributed by atoms with Crippen LogP contribution in [-0.4, -0.2) is 60.1 Å². The molecule has 0 radical (unpaired) electrons. The van der Waals surface area contributed by atoms with E-state index < -0.39 is 6.09 Å². The first-order valence-corrected chi connectivity index (χ1v) is 4.94. The number of hydrogen-bond acceptors (Lipinski definition) is 3. The van der Waals surface area contributed by atoms with Gasteiger partial charge in [-0.15, -0.1) is 0 Å². The molecule has 2 amide bonds. The third-order valence-electron chi connectivity index (χ3n) is 2.07. The normalized spacial score (nSPS) is 9.80. The van der Waals surface area contributed by atoms with Crippen LogP contribution in [0.15, 0.2) is 0 Å². The molecule has 0 unspecified atom stereocenters. The van der Waals surface area contributed by atoms with E-state index in [0.29, 0.717) is 19.6 Å². The van der Waals surface area contributed by atoms with E-state index in [1.807, 2.05) is 6.92 Å². The van der Waals surface area contributed by atoms with Gasteiger partial charge in [0.2, 0.25) is 5.91 Å². The molecular formula is C9H19N3O3. The lowest BCUT2D eigenvalue weighted by molar-refractivity contribution is -0.128. The zero-order chi connectivity index (χ0) is 11.8. The van der Waals surface area contributed by atoms with Crippen LogP contribution >= 0.6 is 0 Å². The Bertz CT molecular complexity index is 221. The molecule has 0 aromatic heterocycles. The molecule has 6 nitrogen and oxygen atoms in total. The van der Waals surface area contributed by atoms with Crippen molar-refractivity contribution in [3.63, 3.8) is 0 Å². The molecular weight excluding hydrogens is 198 g/mol. The van der Waals surface area contributed by atoms with Gasteiger partial charge >= 0.3 is 6.09 Å². The maximum atomic E-state index is 11.1. The SMILES string of the molecule is CCCN(CCN(C)C(=O)CN)C(=O)O. The fourth-order valence-electron chi connectivity index (χ4n) is 1.12. The van der Waals surface area contributed by atoms with E-state index in [2.05, 4.69) is 0 Å². The Balaban J connectivity index is 3.98. The molecule has 0 spiro atoms. The van der Waals surface area contributed by atoms with Crippen LogP contribution in [0.4, 0.5) is 4.79 Å². The molecule has 15 heavy (non-hydrogen) atoms. The highest BCUT2D eigenvalue weighted by molar-refractivity contribution is 5.77. The van der Waals surface area contributed by atoms with Crippen molar-refractivity contribution in [1.82, 2.24) is 9.80 Å². The summed E-state index contributed by atoms with van der Waals surface area (Å²) in [5, 5.41) is 8.81. The minimum atomic E-state index is -0.953. The second-order valence-electron chi connectivity index (χ2n) is 3.29. The summed E-state index contributed by atoms with van der Waals surface area (Å²) in [6.07, 6.45) is -0.189. The summed E-state index contributed by atoms with van der Waals surface area (Å²) in [6, 6.07) is 0. The number of nitrogens with two attached hydrogens (primary N) is 1. The molecule has 3 N–H and O–H groups in total. The van der Waals surface area contributed by atoms with E-state index in [9.17, 15) is 9.59 Å². The van der Waals surface area contributed by atoms with Crippen molar-refractivity contribution in [3.05, 3.63) is 0 Å². The van der Waals surface area contributed by atoms with E-state index in [-0.39, 0.29) is 12.5 Å². The predicted molar refractivity (Wildman–Crippen MR) is 56.6 cm³/mol. The fourth-order valence-corrected chi connectivity index (χ4v) is 1.12.